The molecule has 3 atom stereocenters. The summed E-state index contributed by atoms with van der Waals surface area (Å²) < 4.78 is 15.4. The molecule has 0 saturated carbocycles. The smallest absolute Gasteiger partial charge is 0.338 e. The first-order valence-corrected chi connectivity index (χ1v) is 6.68. The van der Waals surface area contributed by atoms with Crippen LogP contribution in [0.15, 0.2) is 30.3 Å². The fourth-order valence-corrected chi connectivity index (χ4v) is 2.16. The van der Waals surface area contributed by atoms with E-state index in [4.69, 9.17) is 20.6 Å². The Bertz CT molecular complexity index is 590. The third-order valence-electron chi connectivity index (χ3n) is 3.35. The molecule has 6 nitrogen and oxygen atoms in total. The number of rotatable bonds is 4. The van der Waals surface area contributed by atoms with Crippen molar-refractivity contribution >= 4 is 11.9 Å². The molecule has 2 rings (SSSR count). The van der Waals surface area contributed by atoms with Crippen molar-refractivity contribution < 1.29 is 28.9 Å². The van der Waals surface area contributed by atoms with Gasteiger partial charge in [0.2, 0.25) is 0 Å². The van der Waals surface area contributed by atoms with Gasteiger partial charge in [-0.2, -0.15) is 0 Å². The van der Waals surface area contributed by atoms with Crippen molar-refractivity contribution in [2.75, 3.05) is 13.2 Å². The molecule has 1 saturated heterocycles. The van der Waals surface area contributed by atoms with Crippen molar-refractivity contribution in [1.82, 2.24) is 0 Å². The van der Waals surface area contributed by atoms with E-state index in [1.165, 1.54) is 6.92 Å². The zero-order valence-corrected chi connectivity index (χ0v) is 12.0. The second kappa shape index (κ2) is 6.60. The number of aliphatic hydroxyl groups is 1. The normalized spacial score (nSPS) is 27.0. The lowest BCUT2D eigenvalue weighted by Gasteiger charge is -2.27. The number of carbonyl (C=O) groups excluding carboxylic acids is 2. The largest absolute Gasteiger partial charge is 0.459 e. The van der Waals surface area contributed by atoms with Crippen molar-refractivity contribution in [3.8, 4) is 12.3 Å². The standard InChI is InChI=1S/C16H16O6/c1-3-16(19)13(20-10-14(16)22-11(2)17)9-21-15(18)12-7-5-4-6-8-12/h1,4-8,13-14,19H,9-10H2,2H3/t13-,14+,16-/m1/s1. The molecule has 1 aliphatic heterocycles. The Balaban J connectivity index is 2.00. The van der Waals surface area contributed by atoms with Gasteiger partial charge in [-0.3, -0.25) is 4.79 Å². The van der Waals surface area contributed by atoms with Crippen molar-refractivity contribution in [2.45, 2.75) is 24.7 Å². The van der Waals surface area contributed by atoms with E-state index in [9.17, 15) is 14.7 Å². The van der Waals surface area contributed by atoms with Crippen molar-refractivity contribution in [1.29, 1.82) is 0 Å². The van der Waals surface area contributed by atoms with Gasteiger partial charge in [0.05, 0.1) is 12.2 Å². The lowest BCUT2D eigenvalue weighted by atomic mass is 9.94. The van der Waals surface area contributed by atoms with Gasteiger partial charge in [0, 0.05) is 6.92 Å². The second-order valence-corrected chi connectivity index (χ2v) is 4.85. The molecule has 0 radical (unpaired) electrons. The zero-order valence-electron chi connectivity index (χ0n) is 12.0. The Morgan fingerprint density at radius 3 is 2.73 bits per heavy atom. The van der Waals surface area contributed by atoms with E-state index < -0.39 is 29.7 Å². The van der Waals surface area contributed by atoms with Gasteiger partial charge in [0.1, 0.15) is 12.7 Å². The highest BCUT2D eigenvalue weighted by Crippen LogP contribution is 2.29. The van der Waals surface area contributed by atoms with Gasteiger partial charge in [0.25, 0.3) is 0 Å². The molecule has 1 aromatic rings. The molecule has 1 N–H and O–H groups in total. The van der Waals surface area contributed by atoms with Crippen LogP contribution in [0.5, 0.6) is 0 Å². The molecule has 6 heteroatoms. The molecule has 0 bridgehead atoms. The molecular formula is C16H16O6. The summed E-state index contributed by atoms with van der Waals surface area (Å²) in [7, 11) is 0. The maximum absolute atomic E-state index is 11.9. The van der Waals surface area contributed by atoms with Crippen LogP contribution in [0.4, 0.5) is 0 Å². The maximum Gasteiger partial charge on any atom is 0.338 e. The molecule has 116 valence electrons. The number of esters is 2. The first-order chi connectivity index (χ1) is 10.5. The second-order valence-electron chi connectivity index (χ2n) is 4.85. The van der Waals surface area contributed by atoms with Crippen LogP contribution in [0, 0.1) is 12.3 Å². The first kappa shape index (κ1) is 16.0. The molecular weight excluding hydrogens is 288 g/mol. The SMILES string of the molecule is C#C[C@]1(O)[C@@H](OC(C)=O)CO[C@@H]1COC(=O)c1ccccc1. The van der Waals surface area contributed by atoms with Gasteiger partial charge < -0.3 is 19.3 Å². The molecule has 1 aromatic carbocycles. The quantitative estimate of drug-likeness (QED) is 0.646. The number of benzene rings is 1. The van der Waals surface area contributed by atoms with Gasteiger partial charge >= 0.3 is 11.9 Å². The van der Waals surface area contributed by atoms with E-state index in [1.807, 2.05) is 0 Å². The van der Waals surface area contributed by atoms with Gasteiger partial charge in [0.15, 0.2) is 11.7 Å². The van der Waals surface area contributed by atoms with E-state index in [2.05, 4.69) is 5.92 Å². The summed E-state index contributed by atoms with van der Waals surface area (Å²) in [6, 6.07) is 8.39. The van der Waals surface area contributed by atoms with Crippen LogP contribution >= 0.6 is 0 Å². The van der Waals surface area contributed by atoms with Crippen molar-refractivity contribution in [2.24, 2.45) is 0 Å². The molecule has 0 amide bonds. The summed E-state index contributed by atoms with van der Waals surface area (Å²) in [4.78, 5) is 22.9. The van der Waals surface area contributed by atoms with Gasteiger partial charge in [-0.15, -0.1) is 6.42 Å². The third-order valence-corrected chi connectivity index (χ3v) is 3.35. The molecule has 1 fully saturated rings. The lowest BCUT2D eigenvalue weighted by Crippen LogP contribution is -2.49. The van der Waals surface area contributed by atoms with Gasteiger partial charge in [-0.1, -0.05) is 24.1 Å². The predicted molar refractivity (Wildman–Crippen MR) is 75.8 cm³/mol. The fourth-order valence-electron chi connectivity index (χ4n) is 2.16. The van der Waals surface area contributed by atoms with Crippen LogP contribution in [0.2, 0.25) is 0 Å². The average molecular weight is 304 g/mol. The van der Waals surface area contributed by atoms with E-state index in [0.29, 0.717) is 5.56 Å². The number of terminal acetylenes is 1. The Labute approximate surface area is 128 Å². The van der Waals surface area contributed by atoms with Crippen molar-refractivity contribution in [3.63, 3.8) is 0 Å². The van der Waals surface area contributed by atoms with Gasteiger partial charge in [-0.25, -0.2) is 4.79 Å². The summed E-state index contributed by atoms with van der Waals surface area (Å²) in [6.07, 6.45) is 3.38. The van der Waals surface area contributed by atoms with Crippen LogP contribution in [-0.2, 0) is 19.0 Å². The zero-order chi connectivity index (χ0) is 16.2. The minimum Gasteiger partial charge on any atom is -0.459 e. The molecule has 1 aliphatic rings. The summed E-state index contributed by atoms with van der Waals surface area (Å²) >= 11 is 0. The van der Waals surface area contributed by atoms with E-state index >= 15 is 0 Å². The summed E-state index contributed by atoms with van der Waals surface area (Å²) in [6.45, 7) is 0.902. The highest BCUT2D eigenvalue weighted by atomic mass is 16.6. The minimum absolute atomic E-state index is 0.0617. The number of hydrogen-bond donors (Lipinski definition) is 1. The molecule has 0 aliphatic carbocycles. The number of carbonyl (C=O) groups is 2. The Hall–Kier alpha value is -2.36. The van der Waals surface area contributed by atoms with E-state index in [0.717, 1.165) is 0 Å². The molecule has 0 spiro atoms. The highest BCUT2D eigenvalue weighted by molar-refractivity contribution is 5.89. The monoisotopic (exact) mass is 304 g/mol. The lowest BCUT2D eigenvalue weighted by molar-refractivity contribution is -0.154. The molecule has 22 heavy (non-hydrogen) atoms. The first-order valence-electron chi connectivity index (χ1n) is 6.68. The van der Waals surface area contributed by atoms with Crippen molar-refractivity contribution in [3.05, 3.63) is 35.9 Å². The minimum atomic E-state index is -1.83. The van der Waals surface area contributed by atoms with Crippen LogP contribution in [0.25, 0.3) is 0 Å². The molecule has 1 heterocycles. The van der Waals surface area contributed by atoms with Crippen LogP contribution in [0.1, 0.15) is 17.3 Å². The highest BCUT2D eigenvalue weighted by Gasteiger charge is 2.52. The van der Waals surface area contributed by atoms with Gasteiger partial charge in [-0.05, 0) is 12.1 Å². The van der Waals surface area contributed by atoms with Crippen LogP contribution < -0.4 is 0 Å². The predicted octanol–water partition coefficient (Wildman–Crippen LogP) is 0.538. The fraction of sp³-hybridized carbons (Fsp3) is 0.375. The van der Waals surface area contributed by atoms with E-state index in [1.54, 1.807) is 30.3 Å². The average Bonchev–Trinajstić information content (AvgIpc) is 2.82. The van der Waals surface area contributed by atoms with Crippen LogP contribution in [-0.4, -0.2) is 48.1 Å². The molecule has 0 aromatic heterocycles. The summed E-state index contributed by atoms with van der Waals surface area (Å²) in [5, 5.41) is 10.4. The number of ether oxygens (including phenoxy) is 3. The van der Waals surface area contributed by atoms with Crippen LogP contribution in [0.3, 0.4) is 0 Å². The topological polar surface area (TPSA) is 82.1 Å². The molecule has 0 unspecified atom stereocenters. The summed E-state index contributed by atoms with van der Waals surface area (Å²) in [5.74, 6) is 1.04. The Kier molecular flexibility index (Phi) is 4.81. The third kappa shape index (κ3) is 3.27. The van der Waals surface area contributed by atoms with E-state index in [-0.39, 0.29) is 13.2 Å². The summed E-state index contributed by atoms with van der Waals surface area (Å²) in [5.41, 5.74) is -1.45. The maximum atomic E-state index is 11.9. The Morgan fingerprint density at radius 2 is 2.14 bits per heavy atom. The number of hydrogen-bond acceptors (Lipinski definition) is 6. The Morgan fingerprint density at radius 1 is 1.45 bits per heavy atom.